The number of hydrogen-bond acceptors (Lipinski definition) is 9. The number of aliphatic hydroxyl groups is 4. The molecule has 0 radical (unpaired) electrons. The van der Waals surface area contributed by atoms with Crippen LogP contribution in [-0.4, -0.2) is 116 Å². The summed E-state index contributed by atoms with van der Waals surface area (Å²) in [5.41, 5.74) is 0. The van der Waals surface area contributed by atoms with E-state index in [1.54, 1.807) is 0 Å². The number of rotatable bonds is 8. The predicted octanol–water partition coefficient (Wildman–Crippen LogP) is 9.36. The van der Waals surface area contributed by atoms with Crippen molar-refractivity contribution in [3.8, 4) is 0 Å². The third-order valence-electron chi connectivity index (χ3n) is 13.4. The minimum atomic E-state index is -1.97. The van der Waals surface area contributed by atoms with Crippen LogP contribution in [0.25, 0.3) is 0 Å². The lowest BCUT2D eigenvalue weighted by Crippen LogP contribution is -2.56. The fraction of sp³-hybridized carbons (Fsp3) is 1.00. The zero-order chi connectivity index (χ0) is 41.8. The van der Waals surface area contributed by atoms with Gasteiger partial charge in [0.25, 0.3) is 0 Å². The van der Waals surface area contributed by atoms with Gasteiger partial charge < -0.3 is 42.9 Å². The van der Waals surface area contributed by atoms with Crippen LogP contribution in [0.4, 0.5) is 0 Å². The van der Waals surface area contributed by atoms with Crippen LogP contribution < -0.4 is 0 Å². The van der Waals surface area contributed by atoms with Crippen molar-refractivity contribution in [1.82, 2.24) is 0 Å². The molecule has 0 unspecified atom stereocenters. The molecule has 3 aliphatic rings. The van der Waals surface area contributed by atoms with Gasteiger partial charge in [-0.1, -0.05) is 83.1 Å². The first-order chi connectivity index (χ1) is 23.5. The van der Waals surface area contributed by atoms with Crippen molar-refractivity contribution >= 4 is 33.3 Å². The molecule has 0 spiro atoms. The monoisotopic (exact) mass is 825 g/mol. The standard InChI is InChI=1S/2C18H40O4Si2.C4H8O/c2*1-17(2,3)23(7,8)21-15-12-16(14(20)11-13(15)19)22-24(9,10)18(4,5)6;1-2-4-5-3-1/h2*13-16,19-20H,11-12H2,1-10H3;1-4H2/t2*13-,14-,15-,16-;/m00./s1. The molecule has 1 saturated heterocycles. The molecule has 13 heteroatoms. The Morgan fingerprint density at radius 1 is 0.377 bits per heavy atom. The molecule has 0 aromatic carbocycles. The minimum Gasteiger partial charge on any atom is -0.411 e. The van der Waals surface area contributed by atoms with Gasteiger partial charge in [0.2, 0.25) is 0 Å². The Kier molecular flexibility index (Phi) is 18.5. The van der Waals surface area contributed by atoms with Crippen LogP contribution in [0.2, 0.25) is 72.5 Å². The van der Waals surface area contributed by atoms with Crippen LogP contribution in [-0.2, 0) is 22.4 Å². The maximum atomic E-state index is 10.4. The summed E-state index contributed by atoms with van der Waals surface area (Å²) in [7, 11) is -7.87. The molecular weight excluding hydrogens is 737 g/mol. The molecule has 8 atom stereocenters. The summed E-state index contributed by atoms with van der Waals surface area (Å²) in [6.07, 6.45) is 0.907. The molecular formula is C40H88O9Si4. The van der Waals surface area contributed by atoms with Gasteiger partial charge in [0.1, 0.15) is 0 Å². The van der Waals surface area contributed by atoms with Gasteiger partial charge in [-0.15, -0.1) is 0 Å². The van der Waals surface area contributed by atoms with E-state index in [1.807, 2.05) is 0 Å². The Balaban J connectivity index is 0.000000466. The van der Waals surface area contributed by atoms with Crippen molar-refractivity contribution in [3.63, 3.8) is 0 Å². The van der Waals surface area contributed by atoms with E-state index in [2.05, 4.69) is 135 Å². The summed E-state index contributed by atoms with van der Waals surface area (Å²) in [5, 5.41) is 42.1. The van der Waals surface area contributed by atoms with E-state index in [0.717, 1.165) is 13.2 Å². The summed E-state index contributed by atoms with van der Waals surface area (Å²) >= 11 is 0. The highest BCUT2D eigenvalue weighted by molar-refractivity contribution is 6.75. The fourth-order valence-electron chi connectivity index (χ4n) is 5.43. The molecule has 3 fully saturated rings. The zero-order valence-corrected chi connectivity index (χ0v) is 42.1. The predicted molar refractivity (Wildman–Crippen MR) is 231 cm³/mol. The summed E-state index contributed by atoms with van der Waals surface area (Å²) in [4.78, 5) is 0. The van der Waals surface area contributed by atoms with Crippen molar-refractivity contribution in [2.75, 3.05) is 13.2 Å². The second-order valence-electron chi connectivity index (χ2n) is 22.2. The Morgan fingerprint density at radius 3 is 0.698 bits per heavy atom. The molecule has 53 heavy (non-hydrogen) atoms. The molecule has 2 saturated carbocycles. The first kappa shape index (κ1) is 51.5. The summed E-state index contributed by atoms with van der Waals surface area (Å²) in [6.45, 7) is 46.0. The van der Waals surface area contributed by atoms with Crippen molar-refractivity contribution in [3.05, 3.63) is 0 Å². The summed E-state index contributed by atoms with van der Waals surface area (Å²) in [5.74, 6) is 0. The first-order valence-corrected chi connectivity index (χ1v) is 32.1. The molecule has 0 aromatic heterocycles. The van der Waals surface area contributed by atoms with E-state index in [9.17, 15) is 20.4 Å². The third-order valence-corrected chi connectivity index (χ3v) is 31.5. The summed E-state index contributed by atoms with van der Waals surface area (Å²) < 4.78 is 30.7. The smallest absolute Gasteiger partial charge is 0.192 e. The molecule has 1 heterocycles. The van der Waals surface area contributed by atoms with E-state index in [4.69, 9.17) is 22.4 Å². The molecule has 0 amide bonds. The molecule has 0 aromatic rings. The van der Waals surface area contributed by atoms with Gasteiger partial charge in [0.05, 0.1) is 48.8 Å². The number of aliphatic hydroxyl groups excluding tert-OH is 4. The van der Waals surface area contributed by atoms with Crippen molar-refractivity contribution in [2.24, 2.45) is 0 Å². The van der Waals surface area contributed by atoms with E-state index in [1.165, 1.54) is 12.8 Å². The van der Waals surface area contributed by atoms with Gasteiger partial charge in [-0.2, -0.15) is 0 Å². The van der Waals surface area contributed by atoms with E-state index in [0.29, 0.717) is 25.7 Å². The van der Waals surface area contributed by atoms with Crippen LogP contribution in [0.3, 0.4) is 0 Å². The lowest BCUT2D eigenvalue weighted by Gasteiger charge is -2.47. The highest BCUT2D eigenvalue weighted by Gasteiger charge is 2.49. The average Bonchev–Trinajstić information content (AvgIpc) is 3.52. The minimum absolute atomic E-state index is 0.0958. The molecule has 2 aliphatic carbocycles. The van der Waals surface area contributed by atoms with Gasteiger partial charge in [-0.25, -0.2) is 0 Å². The second kappa shape index (κ2) is 19.1. The van der Waals surface area contributed by atoms with Crippen LogP contribution in [0.15, 0.2) is 0 Å². The van der Waals surface area contributed by atoms with Crippen molar-refractivity contribution in [1.29, 1.82) is 0 Å². The van der Waals surface area contributed by atoms with Gasteiger partial charge in [-0.05, 0) is 85.4 Å². The molecule has 1 aliphatic heterocycles. The van der Waals surface area contributed by atoms with E-state index >= 15 is 0 Å². The van der Waals surface area contributed by atoms with Crippen molar-refractivity contribution < 1.29 is 42.9 Å². The Hall–Kier alpha value is 0.508. The number of hydrogen-bond donors (Lipinski definition) is 4. The Bertz CT molecular complexity index is 922. The Morgan fingerprint density at radius 2 is 0.566 bits per heavy atom. The van der Waals surface area contributed by atoms with Gasteiger partial charge >= 0.3 is 0 Å². The first-order valence-electron chi connectivity index (χ1n) is 20.5. The average molecular weight is 825 g/mol. The molecule has 9 nitrogen and oxygen atoms in total. The molecule has 0 bridgehead atoms. The summed E-state index contributed by atoms with van der Waals surface area (Å²) in [6, 6.07) is 0. The normalized spacial score (nSPS) is 29.9. The largest absolute Gasteiger partial charge is 0.411 e. The quantitative estimate of drug-likeness (QED) is 0.177. The number of ether oxygens (including phenoxy) is 1. The topological polar surface area (TPSA) is 127 Å². The van der Waals surface area contributed by atoms with Gasteiger partial charge in [0, 0.05) is 38.9 Å². The van der Waals surface area contributed by atoms with Gasteiger partial charge in [-0.3, -0.25) is 0 Å². The molecule has 3 rings (SSSR count). The Labute approximate surface area is 331 Å². The van der Waals surface area contributed by atoms with Crippen LogP contribution in [0, 0.1) is 0 Å². The second-order valence-corrected chi connectivity index (χ2v) is 41.2. The highest BCUT2D eigenvalue weighted by Crippen LogP contribution is 2.44. The fourth-order valence-corrected chi connectivity index (χ4v) is 10.9. The van der Waals surface area contributed by atoms with Gasteiger partial charge in [0.15, 0.2) is 33.3 Å². The lowest BCUT2D eigenvalue weighted by molar-refractivity contribution is -0.0979. The molecule has 4 N–H and O–H groups in total. The SMILES string of the molecule is C1CCOC1.CC(C)(C)[Si](C)(C)O[C@H]1C[C@H](O[Si](C)(C)C(C)(C)C)[C@@H](O)C[C@@H]1O.CC(C)(C)[Si](C)(C)O[C@H]1C[C@H](O[Si](C)(C)C(C)(C)C)[C@@H](O)C[C@@H]1O. The third kappa shape index (κ3) is 15.3. The van der Waals surface area contributed by atoms with Crippen LogP contribution in [0.1, 0.15) is 122 Å². The lowest BCUT2D eigenvalue weighted by atomic mass is 9.90. The molecule has 318 valence electrons. The van der Waals surface area contributed by atoms with E-state index < -0.39 is 57.7 Å². The van der Waals surface area contributed by atoms with Crippen LogP contribution in [0.5, 0.6) is 0 Å². The maximum Gasteiger partial charge on any atom is 0.192 e. The van der Waals surface area contributed by atoms with Crippen LogP contribution >= 0.6 is 0 Å². The zero-order valence-electron chi connectivity index (χ0n) is 38.1. The maximum absolute atomic E-state index is 10.4. The highest BCUT2D eigenvalue weighted by atomic mass is 28.4. The van der Waals surface area contributed by atoms with Crippen molar-refractivity contribution in [2.45, 2.75) is 243 Å². The van der Waals surface area contributed by atoms with E-state index in [-0.39, 0.29) is 44.6 Å².